The van der Waals surface area contributed by atoms with Crippen molar-refractivity contribution >= 4 is 23.2 Å². The maximum atomic E-state index is 12.0. The lowest BCUT2D eigenvalue weighted by Crippen LogP contribution is -2.41. The first-order valence-electron chi connectivity index (χ1n) is 8.23. The molecule has 4 unspecified atom stereocenters. The number of carbonyl (C=O) groups is 2. The second-order valence-corrected chi connectivity index (χ2v) is 7.49. The number of nitrogens with one attached hydrogen (secondary N) is 2. The number of fused-ring (bicyclic) bond motifs is 2. The van der Waals surface area contributed by atoms with Crippen LogP contribution < -0.4 is 10.6 Å². The highest BCUT2D eigenvalue weighted by molar-refractivity contribution is 7.08. The maximum absolute atomic E-state index is 12.0. The van der Waals surface area contributed by atoms with Crippen LogP contribution in [-0.2, 0) is 4.79 Å². The Morgan fingerprint density at radius 1 is 1.36 bits per heavy atom. The summed E-state index contributed by atoms with van der Waals surface area (Å²) in [7, 11) is 0. The minimum absolute atomic E-state index is 0.0425. The predicted octanol–water partition coefficient (Wildman–Crippen LogP) is 2.81. The molecule has 2 saturated carbocycles. The van der Waals surface area contributed by atoms with Crippen LogP contribution in [0.2, 0.25) is 0 Å². The van der Waals surface area contributed by atoms with Gasteiger partial charge in [0.1, 0.15) is 0 Å². The number of thiophene rings is 1. The molecule has 4 nitrogen and oxygen atoms in total. The molecular formula is C17H24N2O2S. The maximum Gasteiger partial charge on any atom is 0.252 e. The Morgan fingerprint density at radius 3 is 2.86 bits per heavy atom. The summed E-state index contributed by atoms with van der Waals surface area (Å²) in [5, 5.41) is 9.61. The Bertz CT molecular complexity index is 529. The topological polar surface area (TPSA) is 58.2 Å². The molecule has 1 heterocycles. The average Bonchev–Trinajstić information content (AvgIpc) is 3.23. The third-order valence-corrected chi connectivity index (χ3v) is 5.93. The van der Waals surface area contributed by atoms with Gasteiger partial charge in [0, 0.05) is 30.0 Å². The van der Waals surface area contributed by atoms with Gasteiger partial charge < -0.3 is 10.6 Å². The summed E-state index contributed by atoms with van der Waals surface area (Å²) in [6, 6.07) is 2.05. The minimum atomic E-state index is -0.102. The van der Waals surface area contributed by atoms with Gasteiger partial charge in [0.25, 0.3) is 5.91 Å². The van der Waals surface area contributed by atoms with Crippen molar-refractivity contribution in [1.29, 1.82) is 0 Å². The molecule has 4 atom stereocenters. The molecule has 0 radical (unpaired) electrons. The molecule has 0 aromatic carbocycles. The van der Waals surface area contributed by atoms with Crippen molar-refractivity contribution < 1.29 is 9.59 Å². The molecule has 0 saturated heterocycles. The van der Waals surface area contributed by atoms with Crippen molar-refractivity contribution in [2.75, 3.05) is 6.54 Å². The predicted molar refractivity (Wildman–Crippen MR) is 87.8 cm³/mol. The van der Waals surface area contributed by atoms with Crippen LogP contribution in [0.15, 0.2) is 16.8 Å². The SMILES string of the molecule is CC(NC(=O)CCNC(=O)c1ccsc1)C1CC2CCC1C2. The molecule has 1 aromatic rings. The molecule has 120 valence electrons. The molecule has 3 rings (SSSR count). The van der Waals surface area contributed by atoms with E-state index < -0.39 is 0 Å². The van der Waals surface area contributed by atoms with E-state index in [1.165, 1.54) is 37.0 Å². The summed E-state index contributed by atoms with van der Waals surface area (Å²) < 4.78 is 0. The van der Waals surface area contributed by atoms with Gasteiger partial charge in [-0.15, -0.1) is 0 Å². The van der Waals surface area contributed by atoms with E-state index in [2.05, 4.69) is 17.6 Å². The highest BCUT2D eigenvalue weighted by Gasteiger charge is 2.42. The first-order chi connectivity index (χ1) is 10.6. The zero-order valence-electron chi connectivity index (χ0n) is 13.0. The second kappa shape index (κ2) is 6.82. The van der Waals surface area contributed by atoms with E-state index in [9.17, 15) is 9.59 Å². The fourth-order valence-electron chi connectivity index (χ4n) is 4.12. The highest BCUT2D eigenvalue weighted by atomic mass is 32.1. The van der Waals surface area contributed by atoms with Crippen LogP contribution in [0.4, 0.5) is 0 Å². The Hall–Kier alpha value is -1.36. The summed E-state index contributed by atoms with van der Waals surface area (Å²) in [6.07, 6.45) is 5.71. The van der Waals surface area contributed by atoms with Crippen LogP contribution in [-0.4, -0.2) is 24.4 Å². The molecule has 2 aliphatic rings. The normalized spacial score (nSPS) is 27.6. The number of rotatable bonds is 6. The summed E-state index contributed by atoms with van der Waals surface area (Å²) in [4.78, 5) is 23.8. The number of hydrogen-bond acceptors (Lipinski definition) is 3. The monoisotopic (exact) mass is 320 g/mol. The van der Waals surface area contributed by atoms with E-state index >= 15 is 0 Å². The summed E-state index contributed by atoms with van der Waals surface area (Å²) in [5.41, 5.74) is 0.667. The lowest BCUT2D eigenvalue weighted by atomic mass is 9.84. The van der Waals surface area contributed by atoms with Gasteiger partial charge in [0.05, 0.1) is 0 Å². The van der Waals surface area contributed by atoms with Crippen LogP contribution in [0.5, 0.6) is 0 Å². The van der Waals surface area contributed by atoms with Crippen molar-refractivity contribution in [2.45, 2.75) is 45.1 Å². The molecule has 0 aliphatic heterocycles. The minimum Gasteiger partial charge on any atom is -0.353 e. The van der Waals surface area contributed by atoms with Crippen molar-refractivity contribution in [1.82, 2.24) is 10.6 Å². The van der Waals surface area contributed by atoms with E-state index in [0.717, 1.165) is 11.8 Å². The molecule has 2 N–H and O–H groups in total. The molecule has 2 bridgehead atoms. The quantitative estimate of drug-likeness (QED) is 0.847. The van der Waals surface area contributed by atoms with E-state index in [1.54, 1.807) is 6.07 Å². The standard InChI is InChI=1S/C17H24N2O2S/c1-11(15-9-12-2-3-13(15)8-12)19-16(20)4-6-18-17(21)14-5-7-22-10-14/h5,7,10-13,15H,2-4,6,8-9H2,1H3,(H,18,21)(H,19,20). The lowest BCUT2D eigenvalue weighted by molar-refractivity contribution is -0.122. The van der Waals surface area contributed by atoms with Gasteiger partial charge in [-0.1, -0.05) is 6.42 Å². The molecule has 2 amide bonds. The number of amides is 2. The van der Waals surface area contributed by atoms with Gasteiger partial charge in [-0.2, -0.15) is 11.3 Å². The van der Waals surface area contributed by atoms with Crippen LogP contribution in [0.1, 0.15) is 49.4 Å². The Labute approximate surface area is 135 Å². The lowest BCUT2D eigenvalue weighted by Gasteiger charge is -2.28. The van der Waals surface area contributed by atoms with E-state index in [1.807, 2.05) is 10.8 Å². The van der Waals surface area contributed by atoms with Crippen molar-refractivity contribution in [3.8, 4) is 0 Å². The average molecular weight is 320 g/mol. The van der Waals surface area contributed by atoms with Crippen LogP contribution in [0.25, 0.3) is 0 Å². The van der Waals surface area contributed by atoms with Crippen LogP contribution >= 0.6 is 11.3 Å². The third kappa shape index (κ3) is 3.51. The Morgan fingerprint density at radius 2 is 2.23 bits per heavy atom. The van der Waals surface area contributed by atoms with Gasteiger partial charge in [-0.25, -0.2) is 0 Å². The molecule has 1 aromatic heterocycles. The molecule has 2 aliphatic carbocycles. The van der Waals surface area contributed by atoms with E-state index in [0.29, 0.717) is 24.4 Å². The Balaban J connectivity index is 1.36. The van der Waals surface area contributed by atoms with Gasteiger partial charge in [0.2, 0.25) is 5.91 Å². The van der Waals surface area contributed by atoms with Crippen molar-refractivity contribution in [2.24, 2.45) is 17.8 Å². The molecular weight excluding hydrogens is 296 g/mol. The zero-order chi connectivity index (χ0) is 15.5. The van der Waals surface area contributed by atoms with Crippen LogP contribution in [0.3, 0.4) is 0 Å². The van der Waals surface area contributed by atoms with Gasteiger partial charge >= 0.3 is 0 Å². The number of carbonyl (C=O) groups excluding carboxylic acids is 2. The molecule has 2 fully saturated rings. The fourth-order valence-corrected chi connectivity index (χ4v) is 4.76. The Kier molecular flexibility index (Phi) is 4.81. The molecule has 22 heavy (non-hydrogen) atoms. The van der Waals surface area contributed by atoms with E-state index in [-0.39, 0.29) is 17.9 Å². The third-order valence-electron chi connectivity index (χ3n) is 5.24. The van der Waals surface area contributed by atoms with Crippen molar-refractivity contribution in [3.05, 3.63) is 22.4 Å². The summed E-state index contributed by atoms with van der Waals surface area (Å²) in [6.45, 7) is 2.52. The first kappa shape index (κ1) is 15.5. The van der Waals surface area contributed by atoms with Crippen LogP contribution in [0, 0.1) is 17.8 Å². The van der Waals surface area contributed by atoms with Gasteiger partial charge in [-0.3, -0.25) is 9.59 Å². The zero-order valence-corrected chi connectivity index (χ0v) is 13.8. The number of hydrogen-bond donors (Lipinski definition) is 2. The largest absolute Gasteiger partial charge is 0.353 e. The van der Waals surface area contributed by atoms with E-state index in [4.69, 9.17) is 0 Å². The summed E-state index contributed by atoms with van der Waals surface area (Å²) >= 11 is 1.50. The molecule has 5 heteroatoms. The van der Waals surface area contributed by atoms with Gasteiger partial charge in [-0.05, 0) is 55.4 Å². The van der Waals surface area contributed by atoms with Gasteiger partial charge in [0.15, 0.2) is 0 Å². The fraction of sp³-hybridized carbons (Fsp3) is 0.647. The molecule has 0 spiro atoms. The summed E-state index contributed by atoms with van der Waals surface area (Å²) in [5.74, 6) is 2.32. The highest BCUT2D eigenvalue weighted by Crippen LogP contribution is 2.49. The first-order valence-corrected chi connectivity index (χ1v) is 9.17. The smallest absolute Gasteiger partial charge is 0.252 e. The second-order valence-electron chi connectivity index (χ2n) is 6.71. The van der Waals surface area contributed by atoms with Crippen molar-refractivity contribution in [3.63, 3.8) is 0 Å².